The maximum Gasteiger partial charge on any atom is 0.165 e. The number of ether oxygens (including phenoxy) is 1. The van der Waals surface area contributed by atoms with Gasteiger partial charge < -0.3 is 15.8 Å². The van der Waals surface area contributed by atoms with Gasteiger partial charge >= 0.3 is 0 Å². The predicted octanol–water partition coefficient (Wildman–Crippen LogP) is 1.71. The summed E-state index contributed by atoms with van der Waals surface area (Å²) in [7, 11) is 0. The second-order valence-corrected chi connectivity index (χ2v) is 4.83. The molecule has 1 aliphatic heterocycles. The molecule has 0 saturated carbocycles. The second kappa shape index (κ2) is 6.71. The van der Waals surface area contributed by atoms with E-state index in [9.17, 15) is 4.39 Å². The van der Waals surface area contributed by atoms with E-state index >= 15 is 0 Å². The van der Waals surface area contributed by atoms with Crippen LogP contribution in [0.25, 0.3) is 0 Å². The molecule has 0 spiro atoms. The molecule has 0 aliphatic carbocycles. The number of halogens is 1. The van der Waals surface area contributed by atoms with Gasteiger partial charge in [0.25, 0.3) is 0 Å². The first-order valence-corrected chi connectivity index (χ1v) is 6.61. The lowest BCUT2D eigenvalue weighted by Crippen LogP contribution is -2.33. The minimum atomic E-state index is -0.287. The van der Waals surface area contributed by atoms with Crippen molar-refractivity contribution >= 4 is 0 Å². The minimum Gasteiger partial charge on any atom is -0.490 e. The number of rotatable bonds is 5. The van der Waals surface area contributed by atoms with E-state index in [4.69, 9.17) is 10.5 Å². The SMILES string of the molecule is NCCc1ccc(OCC2CCCNC2)c(F)c1. The average Bonchev–Trinajstić information content (AvgIpc) is 2.39. The number of hydrogen-bond donors (Lipinski definition) is 2. The fourth-order valence-electron chi connectivity index (χ4n) is 2.26. The van der Waals surface area contributed by atoms with Crippen LogP contribution in [-0.2, 0) is 6.42 Å². The van der Waals surface area contributed by atoms with Gasteiger partial charge in [-0.15, -0.1) is 0 Å². The highest BCUT2D eigenvalue weighted by atomic mass is 19.1. The minimum absolute atomic E-state index is 0.287. The number of nitrogens with two attached hydrogens (primary N) is 1. The molecule has 0 amide bonds. The van der Waals surface area contributed by atoms with Gasteiger partial charge in [0, 0.05) is 12.5 Å². The molecular weight excluding hydrogens is 231 g/mol. The lowest BCUT2D eigenvalue weighted by Gasteiger charge is -2.22. The van der Waals surface area contributed by atoms with Crippen LogP contribution in [-0.4, -0.2) is 26.2 Å². The Morgan fingerprint density at radius 3 is 3.00 bits per heavy atom. The highest BCUT2D eigenvalue weighted by Crippen LogP contribution is 2.20. The Morgan fingerprint density at radius 1 is 1.44 bits per heavy atom. The van der Waals surface area contributed by atoms with Crippen molar-refractivity contribution in [2.24, 2.45) is 11.7 Å². The Kier molecular flexibility index (Phi) is 4.96. The number of benzene rings is 1. The molecule has 3 nitrogen and oxygen atoms in total. The standard InChI is InChI=1S/C14H21FN2O/c15-13-8-11(5-6-16)3-4-14(13)18-10-12-2-1-7-17-9-12/h3-4,8,12,17H,1-2,5-7,9-10,16H2. The van der Waals surface area contributed by atoms with Crippen LogP contribution in [0, 0.1) is 11.7 Å². The van der Waals surface area contributed by atoms with Crippen LogP contribution in [0.5, 0.6) is 5.75 Å². The largest absolute Gasteiger partial charge is 0.490 e. The molecule has 2 rings (SSSR count). The van der Waals surface area contributed by atoms with Crippen molar-refractivity contribution in [3.8, 4) is 5.75 Å². The van der Waals surface area contributed by atoms with Gasteiger partial charge in [-0.1, -0.05) is 6.07 Å². The van der Waals surface area contributed by atoms with Gasteiger partial charge in [0.15, 0.2) is 11.6 Å². The Balaban J connectivity index is 1.88. The maximum atomic E-state index is 13.7. The van der Waals surface area contributed by atoms with Crippen molar-refractivity contribution in [1.82, 2.24) is 5.32 Å². The van der Waals surface area contributed by atoms with Crippen molar-refractivity contribution in [2.75, 3.05) is 26.2 Å². The van der Waals surface area contributed by atoms with E-state index < -0.39 is 0 Å². The van der Waals surface area contributed by atoms with Gasteiger partial charge in [-0.2, -0.15) is 0 Å². The van der Waals surface area contributed by atoms with Crippen LogP contribution in [0.1, 0.15) is 18.4 Å². The van der Waals surface area contributed by atoms with E-state index in [2.05, 4.69) is 5.32 Å². The van der Waals surface area contributed by atoms with Gasteiger partial charge in [-0.05, 0) is 50.0 Å². The molecule has 18 heavy (non-hydrogen) atoms. The van der Waals surface area contributed by atoms with Gasteiger partial charge in [-0.3, -0.25) is 0 Å². The van der Waals surface area contributed by atoms with Crippen LogP contribution in [0.2, 0.25) is 0 Å². The summed E-state index contributed by atoms with van der Waals surface area (Å²) in [5, 5.41) is 3.32. The van der Waals surface area contributed by atoms with Gasteiger partial charge in [0.05, 0.1) is 6.61 Å². The lowest BCUT2D eigenvalue weighted by molar-refractivity contribution is 0.211. The third kappa shape index (κ3) is 3.68. The molecule has 100 valence electrons. The molecule has 4 heteroatoms. The van der Waals surface area contributed by atoms with Crippen molar-refractivity contribution in [2.45, 2.75) is 19.3 Å². The summed E-state index contributed by atoms with van der Waals surface area (Å²) < 4.78 is 19.3. The monoisotopic (exact) mass is 252 g/mol. The summed E-state index contributed by atoms with van der Waals surface area (Å²) in [6, 6.07) is 5.10. The molecule has 1 aromatic carbocycles. The first kappa shape index (κ1) is 13.3. The molecule has 1 atom stereocenters. The van der Waals surface area contributed by atoms with E-state index in [0.29, 0.717) is 31.2 Å². The van der Waals surface area contributed by atoms with Crippen LogP contribution in [0.3, 0.4) is 0 Å². The van der Waals surface area contributed by atoms with E-state index in [0.717, 1.165) is 25.1 Å². The summed E-state index contributed by atoms with van der Waals surface area (Å²) in [5.41, 5.74) is 6.36. The summed E-state index contributed by atoms with van der Waals surface area (Å²) in [4.78, 5) is 0. The highest BCUT2D eigenvalue weighted by Gasteiger charge is 2.14. The van der Waals surface area contributed by atoms with E-state index in [1.165, 1.54) is 12.5 Å². The van der Waals surface area contributed by atoms with Crippen molar-refractivity contribution in [3.63, 3.8) is 0 Å². The zero-order chi connectivity index (χ0) is 12.8. The number of hydrogen-bond acceptors (Lipinski definition) is 3. The second-order valence-electron chi connectivity index (χ2n) is 4.83. The molecule has 3 N–H and O–H groups in total. The van der Waals surface area contributed by atoms with Gasteiger partial charge in [0.1, 0.15) is 0 Å². The molecule has 1 saturated heterocycles. The Hall–Kier alpha value is -1.13. The van der Waals surface area contributed by atoms with Crippen LogP contribution < -0.4 is 15.8 Å². The summed E-state index contributed by atoms with van der Waals surface area (Å²) in [6.07, 6.45) is 3.02. The molecule has 1 aromatic rings. The molecule has 0 aromatic heterocycles. The number of piperidine rings is 1. The third-order valence-corrected chi connectivity index (χ3v) is 3.30. The number of nitrogens with one attached hydrogen (secondary N) is 1. The normalized spacial score (nSPS) is 19.8. The fraction of sp³-hybridized carbons (Fsp3) is 0.571. The zero-order valence-corrected chi connectivity index (χ0v) is 10.6. The Bertz CT molecular complexity index is 378. The predicted molar refractivity (Wildman–Crippen MR) is 70.2 cm³/mol. The average molecular weight is 252 g/mol. The quantitative estimate of drug-likeness (QED) is 0.838. The maximum absolute atomic E-state index is 13.7. The zero-order valence-electron chi connectivity index (χ0n) is 10.6. The summed E-state index contributed by atoms with van der Waals surface area (Å²) in [6.45, 7) is 3.17. The molecule has 0 bridgehead atoms. The molecule has 1 fully saturated rings. The Morgan fingerprint density at radius 2 is 2.33 bits per heavy atom. The smallest absolute Gasteiger partial charge is 0.165 e. The lowest BCUT2D eigenvalue weighted by atomic mass is 10.0. The highest BCUT2D eigenvalue weighted by molar-refractivity contribution is 5.29. The Labute approximate surface area is 108 Å². The topological polar surface area (TPSA) is 47.3 Å². The van der Waals surface area contributed by atoms with Gasteiger partial charge in [0.2, 0.25) is 0 Å². The van der Waals surface area contributed by atoms with Crippen LogP contribution in [0.4, 0.5) is 4.39 Å². The van der Waals surface area contributed by atoms with Crippen LogP contribution >= 0.6 is 0 Å². The molecule has 0 radical (unpaired) electrons. The van der Waals surface area contributed by atoms with Gasteiger partial charge in [-0.25, -0.2) is 4.39 Å². The first-order valence-electron chi connectivity index (χ1n) is 6.61. The van der Waals surface area contributed by atoms with Crippen molar-refractivity contribution < 1.29 is 9.13 Å². The molecule has 1 heterocycles. The summed E-state index contributed by atoms with van der Waals surface area (Å²) >= 11 is 0. The van der Waals surface area contributed by atoms with E-state index in [-0.39, 0.29) is 5.82 Å². The molecular formula is C14H21FN2O. The van der Waals surface area contributed by atoms with E-state index in [1.807, 2.05) is 6.07 Å². The van der Waals surface area contributed by atoms with Crippen molar-refractivity contribution in [1.29, 1.82) is 0 Å². The van der Waals surface area contributed by atoms with Crippen LogP contribution in [0.15, 0.2) is 18.2 Å². The van der Waals surface area contributed by atoms with Crippen molar-refractivity contribution in [3.05, 3.63) is 29.6 Å². The first-order chi connectivity index (χ1) is 8.79. The fourth-order valence-corrected chi connectivity index (χ4v) is 2.26. The van der Waals surface area contributed by atoms with E-state index in [1.54, 1.807) is 6.07 Å². The molecule has 1 aliphatic rings. The summed E-state index contributed by atoms with van der Waals surface area (Å²) in [5.74, 6) is 0.549. The third-order valence-electron chi connectivity index (χ3n) is 3.30. The molecule has 1 unspecified atom stereocenters.